The molecule has 1 N–H and O–H groups in total. The van der Waals surface area contributed by atoms with Crippen LogP contribution in [0.15, 0.2) is 29.4 Å². The largest absolute Gasteiger partial charge is 0.763 e. The van der Waals surface area contributed by atoms with Crippen LogP contribution >= 0.6 is 0 Å². The molecule has 0 heterocycles. The van der Waals surface area contributed by atoms with Crippen LogP contribution < -0.4 is 0 Å². The molecule has 0 saturated carbocycles. The van der Waals surface area contributed by atoms with E-state index in [2.05, 4.69) is 0 Å². The molecule has 0 aliphatic heterocycles. The van der Waals surface area contributed by atoms with Crippen LogP contribution in [-0.4, -0.2) is 17.8 Å². The minimum atomic E-state index is -4.57. The third kappa shape index (κ3) is 1.95. The number of alkyl halides is 3. The van der Waals surface area contributed by atoms with Gasteiger partial charge in [0.05, 0.1) is 11.3 Å². The maximum atomic E-state index is 12.2. The van der Waals surface area contributed by atoms with Gasteiger partial charge in [0.25, 0.3) is 0 Å². The van der Waals surface area contributed by atoms with E-state index in [0.29, 0.717) is 6.08 Å². The summed E-state index contributed by atoms with van der Waals surface area (Å²) in [6, 6.07) is 0. The molecule has 0 bridgehead atoms. The number of allylic oxidation sites excluding steroid dienone is 5. The minimum absolute atomic E-state index is 0.258. The third-order valence-electron chi connectivity index (χ3n) is 1.45. The highest BCUT2D eigenvalue weighted by Gasteiger charge is 2.35. The highest BCUT2D eigenvalue weighted by atomic mass is 19.4. The fourth-order valence-electron chi connectivity index (χ4n) is 0.876. The van der Waals surface area contributed by atoms with Crippen molar-refractivity contribution in [2.24, 2.45) is 0 Å². The molecule has 1 aliphatic carbocycles. The van der Waals surface area contributed by atoms with Crippen LogP contribution in [0.25, 0.3) is 5.41 Å². The van der Waals surface area contributed by atoms with Gasteiger partial charge in [-0.05, 0) is 18.2 Å². The van der Waals surface area contributed by atoms with Gasteiger partial charge in [0, 0.05) is 5.57 Å². The molecule has 5 heteroatoms. The average Bonchev–Trinajstić information content (AvgIpc) is 2.03. The standard InChI is InChI=1S/C8H4F3N2/c9-8(10,11)7-3-6(13)2-1-5(7)4-12/h1-3,13H/q-1. The van der Waals surface area contributed by atoms with Crippen molar-refractivity contribution >= 4 is 11.6 Å². The molecule has 0 spiro atoms. The SMILES string of the molecule is [N-]=C=C1C=CC(=N)C=C1C(F)(F)F. The minimum Gasteiger partial charge on any atom is -0.763 e. The zero-order chi connectivity index (χ0) is 10.1. The lowest BCUT2D eigenvalue weighted by atomic mass is 9.99. The summed E-state index contributed by atoms with van der Waals surface area (Å²) in [7, 11) is 0. The van der Waals surface area contributed by atoms with Crippen LogP contribution in [0.5, 0.6) is 0 Å². The molecule has 1 aliphatic rings. The van der Waals surface area contributed by atoms with Crippen LogP contribution in [0.1, 0.15) is 0 Å². The second-order valence-electron chi connectivity index (χ2n) is 2.37. The first-order valence-electron chi connectivity index (χ1n) is 3.28. The Bertz CT molecular complexity index is 354. The number of hydrogen-bond acceptors (Lipinski definition) is 1. The summed E-state index contributed by atoms with van der Waals surface area (Å²) in [5.74, 6) is 1.43. The summed E-state index contributed by atoms with van der Waals surface area (Å²) in [4.78, 5) is 0. The van der Waals surface area contributed by atoms with Gasteiger partial charge in [0.1, 0.15) is 0 Å². The molecule has 0 fully saturated rings. The maximum Gasteiger partial charge on any atom is 0.417 e. The highest BCUT2D eigenvalue weighted by Crippen LogP contribution is 2.32. The van der Waals surface area contributed by atoms with Crippen molar-refractivity contribution in [1.29, 1.82) is 5.41 Å². The van der Waals surface area contributed by atoms with Gasteiger partial charge in [-0.2, -0.15) is 13.2 Å². The van der Waals surface area contributed by atoms with Crippen molar-refractivity contribution in [2.75, 3.05) is 0 Å². The van der Waals surface area contributed by atoms with Gasteiger partial charge in [-0.25, -0.2) is 0 Å². The van der Waals surface area contributed by atoms with Gasteiger partial charge in [-0.1, -0.05) is 0 Å². The van der Waals surface area contributed by atoms with Gasteiger partial charge in [0.2, 0.25) is 0 Å². The van der Waals surface area contributed by atoms with Gasteiger partial charge >= 0.3 is 6.18 Å². The summed E-state index contributed by atoms with van der Waals surface area (Å²) < 4.78 is 36.5. The van der Waals surface area contributed by atoms with Gasteiger partial charge in [0.15, 0.2) is 0 Å². The Morgan fingerprint density at radius 2 is 1.92 bits per heavy atom. The number of nitrogens with one attached hydrogen (secondary N) is 1. The zero-order valence-corrected chi connectivity index (χ0v) is 6.31. The molecule has 0 aromatic carbocycles. The molecule has 2 nitrogen and oxygen atoms in total. The molecule has 0 saturated heterocycles. The molecule has 68 valence electrons. The van der Waals surface area contributed by atoms with E-state index < -0.39 is 17.3 Å². The Morgan fingerprint density at radius 3 is 2.38 bits per heavy atom. The summed E-state index contributed by atoms with van der Waals surface area (Å²) in [6.07, 6.45) is -1.79. The predicted octanol–water partition coefficient (Wildman–Crippen LogP) is 2.23. The first kappa shape index (κ1) is 9.48. The summed E-state index contributed by atoms with van der Waals surface area (Å²) in [6.45, 7) is 0. The maximum absolute atomic E-state index is 12.2. The van der Waals surface area contributed by atoms with Crippen LogP contribution in [0.3, 0.4) is 0 Å². The molecule has 0 amide bonds. The first-order chi connectivity index (χ1) is 5.95. The normalized spacial score (nSPS) is 17.0. The van der Waals surface area contributed by atoms with Crippen LogP contribution in [0, 0.1) is 5.41 Å². The fourth-order valence-corrected chi connectivity index (χ4v) is 0.876. The number of nitrogens with zero attached hydrogens (tertiary/aromatic N) is 1. The topological polar surface area (TPSA) is 46.2 Å². The molecule has 13 heavy (non-hydrogen) atoms. The van der Waals surface area contributed by atoms with Crippen LogP contribution in [0.2, 0.25) is 0 Å². The van der Waals surface area contributed by atoms with Crippen molar-refractivity contribution in [3.63, 3.8) is 0 Å². The molecule has 0 unspecified atom stereocenters. The molecule has 0 radical (unpaired) electrons. The average molecular weight is 185 g/mol. The van der Waals surface area contributed by atoms with Gasteiger partial charge in [-0.15, -0.1) is 0 Å². The Kier molecular flexibility index (Phi) is 2.21. The van der Waals surface area contributed by atoms with E-state index in [9.17, 15) is 13.2 Å². The molecule has 0 aromatic rings. The Morgan fingerprint density at radius 1 is 1.31 bits per heavy atom. The lowest BCUT2D eigenvalue weighted by molar-refractivity contribution is -0.0887. The Labute approximate surface area is 72.1 Å². The molecule has 1 rings (SSSR count). The van der Waals surface area contributed by atoms with Crippen molar-refractivity contribution in [3.8, 4) is 0 Å². The van der Waals surface area contributed by atoms with E-state index in [-0.39, 0.29) is 5.71 Å². The predicted molar refractivity (Wildman–Crippen MR) is 42.9 cm³/mol. The second-order valence-corrected chi connectivity index (χ2v) is 2.37. The highest BCUT2D eigenvalue weighted by molar-refractivity contribution is 6.05. The molecule has 0 aromatic heterocycles. The Balaban J connectivity index is 3.20. The van der Waals surface area contributed by atoms with E-state index in [0.717, 1.165) is 12.2 Å². The second kappa shape index (κ2) is 3.03. The van der Waals surface area contributed by atoms with E-state index in [4.69, 9.17) is 10.8 Å². The first-order valence-corrected chi connectivity index (χ1v) is 3.28. The summed E-state index contributed by atoms with van der Waals surface area (Å²) in [5.41, 5.74) is -1.77. The fraction of sp³-hybridized carbons (Fsp3) is 0.125. The summed E-state index contributed by atoms with van der Waals surface area (Å²) in [5, 5.41) is 15.3. The number of rotatable bonds is 0. The van der Waals surface area contributed by atoms with Crippen LogP contribution in [-0.2, 0) is 0 Å². The third-order valence-corrected chi connectivity index (χ3v) is 1.45. The lowest BCUT2D eigenvalue weighted by Gasteiger charge is -2.14. The van der Waals surface area contributed by atoms with Crippen molar-refractivity contribution in [1.82, 2.24) is 0 Å². The molecule has 0 atom stereocenters. The molecular formula is C8H4F3N2-. The van der Waals surface area contributed by atoms with E-state index in [1.165, 1.54) is 5.87 Å². The van der Waals surface area contributed by atoms with Gasteiger partial charge < -0.3 is 10.8 Å². The zero-order valence-electron chi connectivity index (χ0n) is 6.31. The van der Waals surface area contributed by atoms with Crippen molar-refractivity contribution < 1.29 is 13.2 Å². The van der Waals surface area contributed by atoms with Crippen molar-refractivity contribution in [3.05, 3.63) is 34.8 Å². The Hall–Kier alpha value is -1.61. The molecular weight excluding hydrogens is 181 g/mol. The smallest absolute Gasteiger partial charge is 0.417 e. The monoisotopic (exact) mass is 185 g/mol. The summed E-state index contributed by atoms with van der Waals surface area (Å²) >= 11 is 0. The van der Waals surface area contributed by atoms with Gasteiger partial charge in [-0.3, -0.25) is 5.87 Å². The van der Waals surface area contributed by atoms with Crippen molar-refractivity contribution in [2.45, 2.75) is 6.18 Å². The lowest BCUT2D eigenvalue weighted by Crippen LogP contribution is -2.16. The van der Waals surface area contributed by atoms with Crippen LogP contribution in [0.4, 0.5) is 13.2 Å². The number of hydrogen-bond donors (Lipinski definition) is 1. The number of halogens is 3. The quantitative estimate of drug-likeness (QED) is 0.562. The van der Waals surface area contributed by atoms with E-state index in [1.807, 2.05) is 0 Å². The van der Waals surface area contributed by atoms with E-state index in [1.54, 1.807) is 0 Å². The van der Waals surface area contributed by atoms with E-state index >= 15 is 0 Å².